The molecule has 0 radical (unpaired) electrons. The van der Waals surface area contributed by atoms with Crippen LogP contribution in [0.4, 0.5) is 11.5 Å². The lowest BCUT2D eigenvalue weighted by Gasteiger charge is -2.31. The molecule has 0 bridgehead atoms. The van der Waals surface area contributed by atoms with E-state index in [1.807, 2.05) is 12.3 Å². The minimum atomic E-state index is 0.442. The minimum Gasteiger partial charge on any atom is -0.381 e. The first-order valence-electron chi connectivity index (χ1n) is 6.81. The van der Waals surface area contributed by atoms with E-state index < -0.39 is 0 Å². The predicted molar refractivity (Wildman–Crippen MR) is 71.4 cm³/mol. The summed E-state index contributed by atoms with van der Waals surface area (Å²) in [6.45, 7) is 2.17. The lowest BCUT2D eigenvalue weighted by atomic mass is 9.80. The zero-order valence-corrected chi connectivity index (χ0v) is 10.3. The molecule has 17 heavy (non-hydrogen) atoms. The van der Waals surface area contributed by atoms with E-state index in [4.69, 9.17) is 0 Å². The molecule has 1 fully saturated rings. The number of aromatic nitrogens is 1. The summed E-state index contributed by atoms with van der Waals surface area (Å²) in [5.41, 5.74) is 1.60. The van der Waals surface area contributed by atoms with E-state index in [1.165, 1.54) is 38.5 Å². The second kappa shape index (κ2) is 4.55. The van der Waals surface area contributed by atoms with Crippen molar-refractivity contribution < 1.29 is 0 Å². The van der Waals surface area contributed by atoms with Gasteiger partial charge in [0.1, 0.15) is 5.82 Å². The molecular formula is C14H21N3. The topological polar surface area (TPSA) is 37.0 Å². The van der Waals surface area contributed by atoms with Crippen molar-refractivity contribution in [3.8, 4) is 0 Å². The molecule has 3 rings (SSSR count). The third kappa shape index (κ3) is 2.24. The number of anilines is 2. The van der Waals surface area contributed by atoms with Gasteiger partial charge in [0.2, 0.25) is 0 Å². The highest BCUT2D eigenvalue weighted by Gasteiger charge is 2.32. The molecule has 2 N–H and O–H groups in total. The summed E-state index contributed by atoms with van der Waals surface area (Å²) in [7, 11) is 0. The van der Waals surface area contributed by atoms with Gasteiger partial charge in [-0.05, 0) is 25.0 Å². The van der Waals surface area contributed by atoms with Crippen LogP contribution in [0.5, 0.6) is 0 Å². The Morgan fingerprint density at radius 3 is 2.59 bits per heavy atom. The van der Waals surface area contributed by atoms with Gasteiger partial charge in [0, 0.05) is 24.7 Å². The Bertz CT molecular complexity index is 352. The Morgan fingerprint density at radius 1 is 1.00 bits per heavy atom. The Kier molecular flexibility index (Phi) is 2.91. The average molecular weight is 231 g/mol. The number of nitrogens with one attached hydrogen (secondary N) is 2. The first-order valence-corrected chi connectivity index (χ1v) is 6.81. The smallest absolute Gasteiger partial charge is 0.149 e. The van der Waals surface area contributed by atoms with E-state index in [2.05, 4.69) is 21.7 Å². The summed E-state index contributed by atoms with van der Waals surface area (Å²) >= 11 is 0. The van der Waals surface area contributed by atoms with Crippen LogP contribution in [-0.4, -0.2) is 18.1 Å². The third-order valence-corrected chi connectivity index (χ3v) is 4.26. The predicted octanol–water partition coefficient (Wildman–Crippen LogP) is 3.26. The van der Waals surface area contributed by atoms with Gasteiger partial charge in [-0.2, -0.15) is 0 Å². The summed E-state index contributed by atoms with van der Waals surface area (Å²) in [6.07, 6.45) is 10.1. The van der Waals surface area contributed by atoms with E-state index >= 15 is 0 Å². The monoisotopic (exact) mass is 231 g/mol. The highest BCUT2D eigenvalue weighted by Crippen LogP contribution is 2.38. The molecule has 2 aliphatic rings. The van der Waals surface area contributed by atoms with Gasteiger partial charge < -0.3 is 10.6 Å². The zero-order valence-electron chi connectivity index (χ0n) is 10.3. The van der Waals surface area contributed by atoms with E-state index in [-0.39, 0.29) is 0 Å². The van der Waals surface area contributed by atoms with E-state index in [0.717, 1.165) is 24.6 Å². The van der Waals surface area contributed by atoms with Gasteiger partial charge in [-0.1, -0.05) is 25.7 Å². The van der Waals surface area contributed by atoms with Crippen LogP contribution in [0.15, 0.2) is 18.3 Å². The van der Waals surface area contributed by atoms with Crippen molar-refractivity contribution >= 4 is 11.5 Å². The Morgan fingerprint density at radius 2 is 1.76 bits per heavy atom. The van der Waals surface area contributed by atoms with E-state index in [9.17, 15) is 0 Å². The van der Waals surface area contributed by atoms with Crippen molar-refractivity contribution in [3.63, 3.8) is 0 Å². The fraction of sp³-hybridized carbons (Fsp3) is 0.643. The summed E-state index contributed by atoms with van der Waals surface area (Å²) in [5, 5.41) is 7.13. The Labute approximate surface area is 103 Å². The summed E-state index contributed by atoms with van der Waals surface area (Å²) < 4.78 is 0. The highest BCUT2D eigenvalue weighted by atomic mass is 15.1. The largest absolute Gasteiger partial charge is 0.381 e. The molecule has 2 heterocycles. The van der Waals surface area contributed by atoms with Gasteiger partial charge in [-0.25, -0.2) is 4.98 Å². The molecule has 3 nitrogen and oxygen atoms in total. The van der Waals surface area contributed by atoms with Crippen LogP contribution in [0.25, 0.3) is 0 Å². The normalized spacial score (nSPS) is 22.8. The molecule has 0 aromatic carbocycles. The number of pyridine rings is 1. The van der Waals surface area contributed by atoms with Gasteiger partial charge in [0.05, 0.1) is 5.69 Å². The van der Waals surface area contributed by atoms with E-state index in [0.29, 0.717) is 5.41 Å². The molecule has 1 aliphatic heterocycles. The molecular weight excluding hydrogens is 210 g/mol. The van der Waals surface area contributed by atoms with Gasteiger partial charge in [-0.3, -0.25) is 0 Å². The summed E-state index contributed by atoms with van der Waals surface area (Å²) in [5.74, 6) is 1.02. The van der Waals surface area contributed by atoms with Crippen LogP contribution in [0, 0.1) is 5.41 Å². The van der Waals surface area contributed by atoms with Crippen molar-refractivity contribution in [2.75, 3.05) is 23.7 Å². The first-order chi connectivity index (χ1) is 8.38. The molecule has 92 valence electrons. The maximum absolute atomic E-state index is 4.41. The zero-order chi connectivity index (χ0) is 11.6. The minimum absolute atomic E-state index is 0.442. The fourth-order valence-electron chi connectivity index (χ4n) is 3.14. The molecule has 0 saturated heterocycles. The highest BCUT2D eigenvalue weighted by molar-refractivity contribution is 5.65. The van der Waals surface area contributed by atoms with Gasteiger partial charge in [-0.15, -0.1) is 0 Å². The van der Waals surface area contributed by atoms with E-state index in [1.54, 1.807) is 0 Å². The van der Waals surface area contributed by atoms with Gasteiger partial charge >= 0.3 is 0 Å². The quantitative estimate of drug-likeness (QED) is 0.719. The molecule has 0 atom stereocenters. The Hall–Kier alpha value is -1.25. The first kappa shape index (κ1) is 10.9. The number of rotatable bonds is 0. The van der Waals surface area contributed by atoms with Crippen molar-refractivity contribution in [2.24, 2.45) is 5.41 Å². The maximum Gasteiger partial charge on any atom is 0.149 e. The van der Waals surface area contributed by atoms with Crippen LogP contribution in [0.3, 0.4) is 0 Å². The van der Waals surface area contributed by atoms with Crippen molar-refractivity contribution in [1.82, 2.24) is 4.98 Å². The van der Waals surface area contributed by atoms with Crippen LogP contribution in [-0.2, 0) is 0 Å². The summed E-state index contributed by atoms with van der Waals surface area (Å²) in [6, 6.07) is 4.11. The standard InChI is InChI=1S/C14H21N3/c1-2-4-8-14(7-3-1)10-16-12-6-5-9-15-13(12)17-11-14/h5-6,9,16H,1-4,7-8,10-11H2,(H,15,17). The lowest BCUT2D eigenvalue weighted by molar-refractivity contribution is 0.286. The number of nitrogens with zero attached hydrogens (tertiary/aromatic N) is 1. The van der Waals surface area contributed by atoms with Crippen LogP contribution in [0.2, 0.25) is 0 Å². The Balaban J connectivity index is 1.79. The van der Waals surface area contributed by atoms with Crippen molar-refractivity contribution in [3.05, 3.63) is 18.3 Å². The fourth-order valence-corrected chi connectivity index (χ4v) is 3.14. The number of hydrogen-bond acceptors (Lipinski definition) is 3. The third-order valence-electron chi connectivity index (χ3n) is 4.26. The van der Waals surface area contributed by atoms with Crippen molar-refractivity contribution in [2.45, 2.75) is 38.5 Å². The maximum atomic E-state index is 4.41. The lowest BCUT2D eigenvalue weighted by Crippen LogP contribution is -2.34. The molecule has 1 aromatic rings. The van der Waals surface area contributed by atoms with Crippen LogP contribution in [0.1, 0.15) is 38.5 Å². The molecule has 0 amide bonds. The summed E-state index contributed by atoms with van der Waals surface area (Å²) in [4.78, 5) is 4.41. The molecule has 1 aliphatic carbocycles. The molecule has 1 saturated carbocycles. The number of hydrogen-bond donors (Lipinski definition) is 2. The SMILES string of the molecule is c1cnc2c(c1)NCC1(CCCCCC1)CN2. The number of fused-ring (bicyclic) bond motifs is 1. The van der Waals surface area contributed by atoms with Crippen LogP contribution < -0.4 is 10.6 Å². The molecule has 3 heteroatoms. The van der Waals surface area contributed by atoms with Gasteiger partial charge in [0.15, 0.2) is 0 Å². The average Bonchev–Trinajstić information content (AvgIpc) is 2.70. The van der Waals surface area contributed by atoms with Gasteiger partial charge in [0.25, 0.3) is 0 Å². The van der Waals surface area contributed by atoms with Crippen LogP contribution >= 0.6 is 0 Å². The molecule has 1 spiro atoms. The second-order valence-corrected chi connectivity index (χ2v) is 5.52. The molecule has 1 aromatic heterocycles. The molecule has 0 unspecified atom stereocenters. The second-order valence-electron chi connectivity index (χ2n) is 5.52. The van der Waals surface area contributed by atoms with Crippen molar-refractivity contribution in [1.29, 1.82) is 0 Å².